The predicted octanol–water partition coefficient (Wildman–Crippen LogP) is 17.2. The summed E-state index contributed by atoms with van der Waals surface area (Å²) in [5.41, 5.74) is 18.4. The van der Waals surface area contributed by atoms with Crippen LogP contribution in [0.4, 0.5) is 17.1 Å². The van der Waals surface area contributed by atoms with Crippen molar-refractivity contribution in [1.82, 2.24) is 4.98 Å². The zero-order chi connectivity index (χ0) is 43.1. The van der Waals surface area contributed by atoms with Crippen LogP contribution >= 0.6 is 0 Å². The van der Waals surface area contributed by atoms with Gasteiger partial charge in [-0.1, -0.05) is 182 Å². The minimum atomic E-state index is 0.570. The van der Waals surface area contributed by atoms with Crippen LogP contribution in [0.15, 0.2) is 251 Å². The van der Waals surface area contributed by atoms with Crippen LogP contribution in [-0.2, 0) is 0 Å². The quantitative estimate of drug-likeness (QED) is 0.145. The van der Waals surface area contributed by atoms with E-state index in [2.05, 4.69) is 199 Å². The summed E-state index contributed by atoms with van der Waals surface area (Å²) in [6.45, 7) is 0. The highest BCUT2D eigenvalue weighted by Gasteiger charge is 2.22. The molecule has 0 bridgehead atoms. The number of rotatable bonds is 9. The fourth-order valence-corrected chi connectivity index (χ4v) is 9.06. The van der Waals surface area contributed by atoms with Crippen molar-refractivity contribution >= 4 is 50.1 Å². The van der Waals surface area contributed by atoms with Crippen molar-refractivity contribution in [2.24, 2.45) is 0 Å². The lowest BCUT2D eigenvalue weighted by Gasteiger charge is -2.27. The van der Waals surface area contributed by atoms with Crippen molar-refractivity contribution < 1.29 is 8.83 Å². The monoisotopic (exact) mass is 832 g/mol. The molecule has 2 heterocycles. The smallest absolute Gasteiger partial charge is 0.227 e. The molecule has 12 rings (SSSR count). The molecule has 0 aliphatic rings. The summed E-state index contributed by atoms with van der Waals surface area (Å²) in [6.07, 6.45) is 0. The molecular weight excluding hydrogens is 793 g/mol. The topological polar surface area (TPSA) is 42.4 Å². The lowest BCUT2D eigenvalue weighted by molar-refractivity contribution is 0.620. The number of fused-ring (bicyclic) bond motifs is 5. The van der Waals surface area contributed by atoms with Crippen LogP contribution in [-0.4, -0.2) is 4.98 Å². The van der Waals surface area contributed by atoms with Crippen molar-refractivity contribution in [2.45, 2.75) is 0 Å². The maximum Gasteiger partial charge on any atom is 0.227 e. The maximum atomic E-state index is 6.76. The second-order valence-corrected chi connectivity index (χ2v) is 16.3. The molecule has 0 atom stereocenters. The molecule has 12 aromatic rings. The first-order chi connectivity index (χ1) is 32.2. The Bertz CT molecular complexity index is 3610. The van der Waals surface area contributed by atoms with Gasteiger partial charge in [-0.2, -0.15) is 0 Å². The number of hydrogen-bond acceptors (Lipinski definition) is 4. The van der Waals surface area contributed by atoms with Crippen molar-refractivity contribution in [2.75, 3.05) is 4.90 Å². The Hall–Kier alpha value is -8.73. The van der Waals surface area contributed by atoms with E-state index in [1.54, 1.807) is 0 Å². The maximum absolute atomic E-state index is 6.76. The number of para-hydroxylation sites is 1. The van der Waals surface area contributed by atoms with Gasteiger partial charge in [0.05, 0.1) is 5.39 Å². The second kappa shape index (κ2) is 16.2. The van der Waals surface area contributed by atoms with Gasteiger partial charge < -0.3 is 13.7 Å². The highest BCUT2D eigenvalue weighted by atomic mass is 16.4. The third-order valence-electron chi connectivity index (χ3n) is 12.3. The summed E-state index contributed by atoms with van der Waals surface area (Å²) in [5, 5.41) is 1.96. The Morgan fingerprint density at radius 1 is 0.308 bits per heavy atom. The van der Waals surface area contributed by atoms with Crippen LogP contribution in [0.25, 0.3) is 100 Å². The van der Waals surface area contributed by atoms with Gasteiger partial charge >= 0.3 is 0 Å². The third kappa shape index (κ3) is 7.13. The first kappa shape index (κ1) is 38.0. The summed E-state index contributed by atoms with van der Waals surface area (Å²) in [5.74, 6) is 0.570. The van der Waals surface area contributed by atoms with Crippen LogP contribution in [0.2, 0.25) is 0 Å². The van der Waals surface area contributed by atoms with E-state index in [0.29, 0.717) is 5.89 Å². The van der Waals surface area contributed by atoms with Crippen molar-refractivity contribution in [3.63, 3.8) is 0 Å². The molecule has 0 aliphatic carbocycles. The van der Waals surface area contributed by atoms with Crippen LogP contribution in [0.5, 0.6) is 0 Å². The molecule has 65 heavy (non-hydrogen) atoms. The van der Waals surface area contributed by atoms with E-state index in [0.717, 1.165) is 89.0 Å². The number of benzene rings is 10. The fraction of sp³-hybridized carbons (Fsp3) is 0. The zero-order valence-corrected chi connectivity index (χ0v) is 35.3. The van der Waals surface area contributed by atoms with Crippen LogP contribution in [0.1, 0.15) is 0 Å². The molecule has 2 aromatic heterocycles. The Kier molecular flexibility index (Phi) is 9.46. The lowest BCUT2D eigenvalue weighted by Crippen LogP contribution is -2.10. The Morgan fingerprint density at radius 2 is 0.754 bits per heavy atom. The number of oxazole rings is 1. The van der Waals surface area contributed by atoms with Gasteiger partial charge in [0.15, 0.2) is 5.58 Å². The summed E-state index contributed by atoms with van der Waals surface area (Å²) >= 11 is 0. The first-order valence-electron chi connectivity index (χ1n) is 21.9. The van der Waals surface area contributed by atoms with Crippen molar-refractivity contribution in [3.05, 3.63) is 243 Å². The molecule has 0 spiro atoms. The zero-order valence-electron chi connectivity index (χ0n) is 35.3. The summed E-state index contributed by atoms with van der Waals surface area (Å²) in [6, 6.07) is 85.3. The predicted molar refractivity (Wildman–Crippen MR) is 269 cm³/mol. The molecule has 0 N–H and O–H groups in total. The van der Waals surface area contributed by atoms with Crippen molar-refractivity contribution in [3.8, 4) is 67.1 Å². The molecule has 10 aromatic carbocycles. The average Bonchev–Trinajstić information content (AvgIpc) is 4.00. The number of furan rings is 1. The summed E-state index contributed by atoms with van der Waals surface area (Å²) < 4.78 is 13.3. The second-order valence-electron chi connectivity index (χ2n) is 16.3. The normalized spacial score (nSPS) is 11.4. The molecule has 0 radical (unpaired) electrons. The third-order valence-corrected chi connectivity index (χ3v) is 12.3. The standard InChI is InChI=1S/C61H40N2O2/c1-4-14-41(15-5-1)43-26-28-45(29-27-43)46-34-36-51(37-35-46)63(52-22-12-20-49(38-52)47-32-30-44(31-33-47)42-16-6-2-7-17-42)53-23-13-21-50(39-53)55-40-57-58(54-24-10-11-25-56(54)64-57)59-60(55)65-61(62-59)48-18-8-3-9-19-48/h1-40H. The lowest BCUT2D eigenvalue weighted by atomic mass is 9.98. The summed E-state index contributed by atoms with van der Waals surface area (Å²) in [7, 11) is 0. The molecule has 0 saturated heterocycles. The molecule has 4 nitrogen and oxygen atoms in total. The molecule has 0 unspecified atom stereocenters. The SMILES string of the molecule is c1ccc(-c2ccc(-c3ccc(N(c4cccc(-c5ccc(-c6ccccc6)cc5)c4)c4cccc(-c5cc6oc7ccccc7c6c6nc(-c7ccccc7)oc56)c4)cc3)cc2)cc1. The van der Waals surface area contributed by atoms with Gasteiger partial charge in [-0.05, 0) is 111 Å². The largest absolute Gasteiger partial charge is 0.456 e. The molecule has 4 heteroatoms. The Labute approximate surface area is 377 Å². The van der Waals surface area contributed by atoms with E-state index in [-0.39, 0.29) is 0 Å². The van der Waals surface area contributed by atoms with Gasteiger partial charge in [-0.25, -0.2) is 4.98 Å². The van der Waals surface area contributed by atoms with Gasteiger partial charge in [-0.15, -0.1) is 0 Å². The number of anilines is 3. The number of hydrogen-bond donors (Lipinski definition) is 0. The molecule has 0 amide bonds. The van der Waals surface area contributed by atoms with Gasteiger partial charge in [-0.3, -0.25) is 0 Å². The fourth-order valence-electron chi connectivity index (χ4n) is 9.06. The minimum Gasteiger partial charge on any atom is -0.456 e. The van der Waals surface area contributed by atoms with E-state index in [1.165, 1.54) is 22.3 Å². The summed E-state index contributed by atoms with van der Waals surface area (Å²) in [4.78, 5) is 7.48. The number of nitrogens with zero attached hydrogens (tertiary/aromatic N) is 2. The highest BCUT2D eigenvalue weighted by molar-refractivity contribution is 6.20. The highest BCUT2D eigenvalue weighted by Crippen LogP contribution is 2.44. The van der Waals surface area contributed by atoms with Crippen LogP contribution in [0.3, 0.4) is 0 Å². The molecule has 0 fully saturated rings. The molecule has 306 valence electrons. The van der Waals surface area contributed by atoms with Gasteiger partial charge in [0, 0.05) is 33.6 Å². The Morgan fingerprint density at radius 3 is 1.34 bits per heavy atom. The van der Waals surface area contributed by atoms with Gasteiger partial charge in [0.25, 0.3) is 0 Å². The minimum absolute atomic E-state index is 0.570. The van der Waals surface area contributed by atoms with E-state index < -0.39 is 0 Å². The van der Waals surface area contributed by atoms with Crippen LogP contribution < -0.4 is 4.90 Å². The Balaban J connectivity index is 0.980. The average molecular weight is 833 g/mol. The first-order valence-corrected chi connectivity index (χ1v) is 21.9. The molecule has 0 aliphatic heterocycles. The van der Waals surface area contributed by atoms with E-state index in [9.17, 15) is 0 Å². The molecule has 0 saturated carbocycles. The van der Waals surface area contributed by atoms with E-state index >= 15 is 0 Å². The van der Waals surface area contributed by atoms with Crippen molar-refractivity contribution in [1.29, 1.82) is 0 Å². The van der Waals surface area contributed by atoms with Gasteiger partial charge in [0.1, 0.15) is 16.7 Å². The van der Waals surface area contributed by atoms with Crippen LogP contribution in [0, 0.1) is 0 Å². The van der Waals surface area contributed by atoms with E-state index in [4.69, 9.17) is 13.8 Å². The van der Waals surface area contributed by atoms with E-state index in [1.807, 2.05) is 48.5 Å². The number of aromatic nitrogens is 1. The van der Waals surface area contributed by atoms with Gasteiger partial charge in [0.2, 0.25) is 5.89 Å². The molecular formula is C61H40N2O2.